The topological polar surface area (TPSA) is 70.8 Å². The van der Waals surface area contributed by atoms with Crippen LogP contribution in [0, 0.1) is 0 Å². The van der Waals surface area contributed by atoms with Crippen LogP contribution in [0.3, 0.4) is 0 Å². The summed E-state index contributed by atoms with van der Waals surface area (Å²) in [7, 11) is 2.89. The Morgan fingerprint density at radius 1 is 1.37 bits per heavy atom. The summed E-state index contributed by atoms with van der Waals surface area (Å²) < 4.78 is 15.3. The van der Waals surface area contributed by atoms with Gasteiger partial charge in [0.2, 0.25) is 0 Å². The van der Waals surface area contributed by atoms with E-state index in [-0.39, 0.29) is 5.97 Å². The van der Waals surface area contributed by atoms with Gasteiger partial charge in [-0.05, 0) is 24.1 Å². The number of carbonyl (C=O) groups excluding carboxylic acids is 1. The summed E-state index contributed by atoms with van der Waals surface area (Å²) in [5.74, 6) is 0.734. The first kappa shape index (κ1) is 15.6. The second-order valence-electron chi connectivity index (χ2n) is 3.84. The fourth-order valence-corrected chi connectivity index (χ4v) is 1.81. The Balaban J connectivity index is 2.64. The van der Waals surface area contributed by atoms with Gasteiger partial charge in [0.15, 0.2) is 11.5 Å². The van der Waals surface area contributed by atoms with Crippen LogP contribution in [0.25, 0.3) is 0 Å². The minimum atomic E-state index is -0.264. The first-order valence-electron chi connectivity index (χ1n) is 5.88. The Hall–Kier alpha value is -1.46. The van der Waals surface area contributed by atoms with E-state index in [0.717, 1.165) is 5.56 Å². The smallest absolute Gasteiger partial charge is 0.305 e. The molecule has 0 radical (unpaired) electrons. The van der Waals surface area contributed by atoms with Crippen LogP contribution in [0.2, 0.25) is 5.02 Å². The van der Waals surface area contributed by atoms with Crippen LogP contribution < -0.4 is 15.2 Å². The van der Waals surface area contributed by atoms with Crippen molar-refractivity contribution in [3.8, 4) is 11.5 Å². The number of hydrogen-bond donors (Lipinski definition) is 1. The summed E-state index contributed by atoms with van der Waals surface area (Å²) >= 11 is 6.11. The summed E-state index contributed by atoms with van der Waals surface area (Å²) in [4.78, 5) is 11.0. The van der Waals surface area contributed by atoms with Crippen molar-refractivity contribution in [2.75, 3.05) is 20.8 Å². The molecule has 0 fully saturated rings. The van der Waals surface area contributed by atoms with Gasteiger partial charge in [-0.2, -0.15) is 0 Å². The first-order valence-corrected chi connectivity index (χ1v) is 6.26. The molecule has 1 aromatic carbocycles. The number of ether oxygens (including phenoxy) is 3. The Morgan fingerprint density at radius 2 is 2.11 bits per heavy atom. The molecule has 0 amide bonds. The lowest BCUT2D eigenvalue weighted by atomic mass is 10.2. The Labute approximate surface area is 117 Å². The molecule has 0 spiro atoms. The summed E-state index contributed by atoms with van der Waals surface area (Å²) in [6.45, 7) is 0.728. The fraction of sp³-hybridized carbons (Fsp3) is 0.462. The molecule has 6 heteroatoms. The molecule has 0 saturated carbocycles. The van der Waals surface area contributed by atoms with E-state index >= 15 is 0 Å². The largest absolute Gasteiger partial charge is 0.493 e. The van der Waals surface area contributed by atoms with Gasteiger partial charge in [0, 0.05) is 13.0 Å². The van der Waals surface area contributed by atoms with Gasteiger partial charge in [-0.1, -0.05) is 11.6 Å². The van der Waals surface area contributed by atoms with Gasteiger partial charge >= 0.3 is 5.97 Å². The second kappa shape index (κ2) is 7.86. The number of halogens is 1. The summed E-state index contributed by atoms with van der Waals surface area (Å²) in [6.07, 6.45) is 0.849. The van der Waals surface area contributed by atoms with Gasteiger partial charge in [-0.25, -0.2) is 0 Å². The van der Waals surface area contributed by atoms with Crippen LogP contribution in [-0.4, -0.2) is 26.8 Å². The lowest BCUT2D eigenvalue weighted by Crippen LogP contribution is -2.06. The second-order valence-corrected chi connectivity index (χ2v) is 4.25. The van der Waals surface area contributed by atoms with Crippen molar-refractivity contribution in [2.45, 2.75) is 19.4 Å². The Morgan fingerprint density at radius 3 is 2.68 bits per heavy atom. The summed E-state index contributed by atoms with van der Waals surface area (Å²) in [5.41, 5.74) is 6.42. The monoisotopic (exact) mass is 287 g/mol. The predicted molar refractivity (Wildman–Crippen MR) is 72.6 cm³/mol. The van der Waals surface area contributed by atoms with Gasteiger partial charge in [0.25, 0.3) is 0 Å². The Kier molecular flexibility index (Phi) is 6.45. The summed E-state index contributed by atoms with van der Waals surface area (Å²) in [6, 6.07) is 3.52. The number of benzene rings is 1. The number of methoxy groups -OCH3 is 2. The van der Waals surface area contributed by atoms with E-state index in [4.69, 9.17) is 26.8 Å². The van der Waals surface area contributed by atoms with Crippen LogP contribution in [-0.2, 0) is 16.1 Å². The third-order valence-corrected chi connectivity index (χ3v) is 2.80. The predicted octanol–water partition coefficient (Wildman–Crippen LogP) is 2.14. The summed E-state index contributed by atoms with van der Waals surface area (Å²) in [5, 5.41) is 0.442. The molecule has 0 aromatic heterocycles. The van der Waals surface area contributed by atoms with E-state index in [1.807, 2.05) is 0 Å². The average Bonchev–Trinajstić information content (AvgIpc) is 2.43. The highest BCUT2D eigenvalue weighted by Gasteiger charge is 2.11. The van der Waals surface area contributed by atoms with Crippen LogP contribution >= 0.6 is 11.6 Å². The van der Waals surface area contributed by atoms with E-state index in [1.54, 1.807) is 12.1 Å². The molecule has 1 aromatic rings. The fourth-order valence-electron chi connectivity index (χ4n) is 1.52. The van der Waals surface area contributed by atoms with Crippen LogP contribution in [0.4, 0.5) is 0 Å². The Bertz CT molecular complexity index is 437. The van der Waals surface area contributed by atoms with Gasteiger partial charge < -0.3 is 19.9 Å². The van der Waals surface area contributed by atoms with E-state index in [1.165, 1.54) is 14.2 Å². The minimum Gasteiger partial charge on any atom is -0.493 e. The van der Waals surface area contributed by atoms with E-state index in [2.05, 4.69) is 4.74 Å². The molecule has 0 bridgehead atoms. The highest BCUT2D eigenvalue weighted by molar-refractivity contribution is 6.32. The quantitative estimate of drug-likeness (QED) is 0.614. The zero-order valence-electron chi connectivity index (χ0n) is 11.1. The lowest BCUT2D eigenvalue weighted by Gasteiger charge is -2.13. The normalized spacial score (nSPS) is 10.1. The average molecular weight is 288 g/mol. The zero-order chi connectivity index (χ0) is 14.3. The minimum absolute atomic E-state index is 0.264. The molecule has 0 unspecified atom stereocenters. The van der Waals surface area contributed by atoms with E-state index in [9.17, 15) is 4.79 Å². The molecular formula is C13H18ClNO4. The number of rotatable bonds is 7. The van der Waals surface area contributed by atoms with Crippen molar-refractivity contribution in [2.24, 2.45) is 5.73 Å². The van der Waals surface area contributed by atoms with Gasteiger partial charge in [-0.15, -0.1) is 0 Å². The van der Waals surface area contributed by atoms with Crippen molar-refractivity contribution < 1.29 is 19.0 Å². The van der Waals surface area contributed by atoms with Crippen molar-refractivity contribution in [1.29, 1.82) is 0 Å². The number of carbonyl (C=O) groups is 1. The van der Waals surface area contributed by atoms with Gasteiger partial charge in [0.05, 0.1) is 25.8 Å². The van der Waals surface area contributed by atoms with Crippen molar-refractivity contribution in [3.63, 3.8) is 0 Å². The van der Waals surface area contributed by atoms with E-state index < -0.39 is 0 Å². The lowest BCUT2D eigenvalue weighted by molar-refractivity contribution is -0.140. The third kappa shape index (κ3) is 4.61. The van der Waals surface area contributed by atoms with Crippen LogP contribution in [0.15, 0.2) is 12.1 Å². The maximum Gasteiger partial charge on any atom is 0.305 e. The molecular weight excluding hydrogens is 270 g/mol. The van der Waals surface area contributed by atoms with Gasteiger partial charge in [-0.3, -0.25) is 4.79 Å². The molecule has 0 atom stereocenters. The molecule has 106 valence electrons. The first-order chi connectivity index (χ1) is 9.12. The molecule has 0 aliphatic rings. The number of esters is 1. The molecule has 0 heterocycles. The maximum absolute atomic E-state index is 11.0. The highest BCUT2D eigenvalue weighted by Crippen LogP contribution is 2.36. The molecule has 2 N–H and O–H groups in total. The molecule has 5 nitrogen and oxygen atoms in total. The SMILES string of the molecule is COC(=O)CCCOc1c(Cl)cc(CN)cc1OC. The standard InChI is InChI=1S/C13H18ClNO4/c1-17-11-7-9(8-15)6-10(14)13(11)19-5-3-4-12(16)18-2/h6-7H,3-5,8,15H2,1-2H3. The molecule has 19 heavy (non-hydrogen) atoms. The van der Waals surface area contributed by atoms with Gasteiger partial charge in [0.1, 0.15) is 0 Å². The molecule has 0 aliphatic carbocycles. The van der Waals surface area contributed by atoms with Crippen molar-refractivity contribution in [3.05, 3.63) is 22.7 Å². The third-order valence-electron chi connectivity index (χ3n) is 2.52. The van der Waals surface area contributed by atoms with Crippen LogP contribution in [0.5, 0.6) is 11.5 Å². The van der Waals surface area contributed by atoms with Crippen molar-refractivity contribution >= 4 is 17.6 Å². The highest BCUT2D eigenvalue weighted by atomic mass is 35.5. The molecule has 0 saturated heterocycles. The molecule has 1 rings (SSSR count). The van der Waals surface area contributed by atoms with Crippen LogP contribution in [0.1, 0.15) is 18.4 Å². The number of nitrogens with two attached hydrogens (primary N) is 1. The van der Waals surface area contributed by atoms with Crippen molar-refractivity contribution in [1.82, 2.24) is 0 Å². The maximum atomic E-state index is 11.0. The zero-order valence-corrected chi connectivity index (χ0v) is 11.8. The molecule has 0 aliphatic heterocycles. The number of hydrogen-bond acceptors (Lipinski definition) is 5. The van der Waals surface area contributed by atoms with E-state index in [0.29, 0.717) is 42.5 Å².